The number of carbonyl (C=O) groups is 1. The Kier molecular flexibility index (Phi) is 4.20. The molecule has 1 aliphatic heterocycles. The van der Waals surface area contributed by atoms with Crippen molar-refractivity contribution in [3.63, 3.8) is 0 Å². The van der Waals surface area contributed by atoms with E-state index in [2.05, 4.69) is 5.10 Å². The number of hydrogen-bond acceptors (Lipinski definition) is 3. The van der Waals surface area contributed by atoms with Crippen molar-refractivity contribution in [1.82, 2.24) is 14.7 Å². The van der Waals surface area contributed by atoms with E-state index in [1.807, 2.05) is 10.7 Å². The largest absolute Gasteiger partial charge is 0.383 e. The number of amides is 1. The highest BCUT2D eigenvalue weighted by molar-refractivity contribution is 5.94. The number of hydrogen-bond donors (Lipinski definition) is 0. The summed E-state index contributed by atoms with van der Waals surface area (Å²) in [5.74, 6) is -0.809. The normalized spacial score (nSPS) is 17.9. The molecule has 2 aromatic rings. The van der Waals surface area contributed by atoms with Gasteiger partial charge in [-0.1, -0.05) is 12.1 Å². The average Bonchev–Trinajstić information content (AvgIpc) is 2.89. The van der Waals surface area contributed by atoms with Gasteiger partial charge in [-0.25, -0.2) is 4.39 Å². The predicted molar refractivity (Wildman–Crippen MR) is 78.8 cm³/mol. The molecule has 0 fully saturated rings. The van der Waals surface area contributed by atoms with Gasteiger partial charge in [-0.2, -0.15) is 5.10 Å². The first-order valence-electron chi connectivity index (χ1n) is 7.26. The summed E-state index contributed by atoms with van der Waals surface area (Å²) in [7, 11) is 1.61. The standard InChI is InChI=1S/C16H18FN3O2/c1-22-11-13-7-9-20-12(6-8-18-20)10-19(13)16(21)14-4-2-3-5-15(14)17/h2-6,8,13H,7,9-11H2,1H3/t13-/m0/s1. The van der Waals surface area contributed by atoms with Gasteiger partial charge < -0.3 is 9.64 Å². The molecule has 0 unspecified atom stereocenters. The van der Waals surface area contributed by atoms with Crippen molar-refractivity contribution in [3.05, 3.63) is 53.6 Å². The molecule has 0 N–H and O–H groups in total. The summed E-state index contributed by atoms with van der Waals surface area (Å²) in [6.45, 7) is 1.55. The Morgan fingerprint density at radius 1 is 1.41 bits per heavy atom. The monoisotopic (exact) mass is 303 g/mol. The molecule has 1 amide bonds. The molecule has 6 heteroatoms. The fourth-order valence-electron chi connectivity index (χ4n) is 2.82. The lowest BCUT2D eigenvalue weighted by Crippen LogP contribution is -2.42. The number of methoxy groups -OCH3 is 1. The van der Waals surface area contributed by atoms with E-state index >= 15 is 0 Å². The molecule has 3 rings (SSSR count). The third kappa shape index (κ3) is 2.74. The number of aryl methyl sites for hydroxylation is 1. The molecule has 116 valence electrons. The molecule has 0 saturated heterocycles. The Labute approximate surface area is 128 Å². The van der Waals surface area contributed by atoms with Crippen LogP contribution in [0.2, 0.25) is 0 Å². The minimum Gasteiger partial charge on any atom is -0.383 e. The first-order chi connectivity index (χ1) is 10.7. The second kappa shape index (κ2) is 6.27. The van der Waals surface area contributed by atoms with Gasteiger partial charge in [0.1, 0.15) is 5.82 Å². The van der Waals surface area contributed by atoms with Crippen LogP contribution in [0.3, 0.4) is 0 Å². The zero-order valence-electron chi connectivity index (χ0n) is 12.4. The maximum atomic E-state index is 13.9. The van der Waals surface area contributed by atoms with Crippen LogP contribution in [0, 0.1) is 5.82 Å². The molecule has 1 aliphatic rings. The van der Waals surface area contributed by atoms with Crippen molar-refractivity contribution < 1.29 is 13.9 Å². The number of benzene rings is 1. The van der Waals surface area contributed by atoms with Crippen molar-refractivity contribution in [1.29, 1.82) is 0 Å². The zero-order chi connectivity index (χ0) is 15.5. The van der Waals surface area contributed by atoms with Gasteiger partial charge in [-0.3, -0.25) is 9.48 Å². The van der Waals surface area contributed by atoms with E-state index in [4.69, 9.17) is 4.74 Å². The summed E-state index contributed by atoms with van der Waals surface area (Å²) < 4.78 is 21.1. The van der Waals surface area contributed by atoms with E-state index in [9.17, 15) is 9.18 Å². The maximum Gasteiger partial charge on any atom is 0.257 e. The highest BCUT2D eigenvalue weighted by atomic mass is 19.1. The molecule has 1 atom stereocenters. The minimum absolute atomic E-state index is 0.0940. The van der Waals surface area contributed by atoms with Crippen molar-refractivity contribution in [2.75, 3.05) is 13.7 Å². The van der Waals surface area contributed by atoms with Crippen molar-refractivity contribution in [2.24, 2.45) is 0 Å². The Morgan fingerprint density at radius 2 is 2.23 bits per heavy atom. The summed E-state index contributed by atoms with van der Waals surface area (Å²) in [6.07, 6.45) is 2.44. The lowest BCUT2D eigenvalue weighted by molar-refractivity contribution is 0.0498. The first-order valence-corrected chi connectivity index (χ1v) is 7.26. The van der Waals surface area contributed by atoms with E-state index < -0.39 is 5.82 Å². The van der Waals surface area contributed by atoms with Crippen molar-refractivity contribution >= 4 is 5.91 Å². The lowest BCUT2D eigenvalue weighted by atomic mass is 10.1. The molecule has 0 aliphatic carbocycles. The van der Waals surface area contributed by atoms with Gasteiger partial charge in [0.2, 0.25) is 0 Å². The van der Waals surface area contributed by atoms with E-state index in [1.54, 1.807) is 30.3 Å². The van der Waals surface area contributed by atoms with Gasteiger partial charge in [0.15, 0.2) is 0 Å². The Hall–Kier alpha value is -2.21. The molecule has 0 spiro atoms. The van der Waals surface area contributed by atoms with Crippen LogP contribution in [0.4, 0.5) is 4.39 Å². The smallest absolute Gasteiger partial charge is 0.257 e. The summed E-state index contributed by atoms with van der Waals surface area (Å²) in [5, 5.41) is 4.26. The number of aromatic nitrogens is 2. The number of rotatable bonds is 3. The Balaban J connectivity index is 1.93. The first kappa shape index (κ1) is 14.7. The van der Waals surface area contributed by atoms with Crippen molar-refractivity contribution in [2.45, 2.75) is 25.6 Å². The van der Waals surface area contributed by atoms with E-state index in [0.717, 1.165) is 18.7 Å². The number of nitrogens with zero attached hydrogens (tertiary/aromatic N) is 3. The molecule has 5 nitrogen and oxygen atoms in total. The molecule has 0 radical (unpaired) electrons. The van der Waals surface area contributed by atoms with Crippen LogP contribution in [0.25, 0.3) is 0 Å². The van der Waals surface area contributed by atoms with Gasteiger partial charge >= 0.3 is 0 Å². The van der Waals surface area contributed by atoms with E-state index in [-0.39, 0.29) is 17.5 Å². The van der Waals surface area contributed by atoms with Gasteiger partial charge in [0, 0.05) is 19.9 Å². The van der Waals surface area contributed by atoms with Gasteiger partial charge in [-0.05, 0) is 24.6 Å². The van der Waals surface area contributed by atoms with Crippen LogP contribution in [-0.4, -0.2) is 40.3 Å². The molecular formula is C16H18FN3O2. The van der Waals surface area contributed by atoms with Crippen LogP contribution in [0.1, 0.15) is 22.5 Å². The quantitative estimate of drug-likeness (QED) is 0.872. The van der Waals surface area contributed by atoms with Crippen molar-refractivity contribution in [3.8, 4) is 0 Å². The molecular weight excluding hydrogens is 285 g/mol. The minimum atomic E-state index is -0.499. The van der Waals surface area contributed by atoms with Gasteiger partial charge in [0.25, 0.3) is 5.91 Å². The summed E-state index contributed by atoms with van der Waals surface area (Å²) in [6, 6.07) is 7.86. The van der Waals surface area contributed by atoms with Crippen LogP contribution >= 0.6 is 0 Å². The van der Waals surface area contributed by atoms with Gasteiger partial charge in [-0.15, -0.1) is 0 Å². The third-order valence-electron chi connectivity index (χ3n) is 3.98. The van der Waals surface area contributed by atoms with Crippen LogP contribution in [-0.2, 0) is 17.8 Å². The topological polar surface area (TPSA) is 47.4 Å². The molecule has 1 aromatic carbocycles. The molecule has 0 bridgehead atoms. The predicted octanol–water partition coefficient (Wildman–Crippen LogP) is 2.08. The highest BCUT2D eigenvalue weighted by Gasteiger charge is 2.29. The lowest BCUT2D eigenvalue weighted by Gasteiger charge is -2.29. The molecule has 2 heterocycles. The Morgan fingerprint density at radius 3 is 3.00 bits per heavy atom. The second-order valence-electron chi connectivity index (χ2n) is 5.36. The fraction of sp³-hybridized carbons (Fsp3) is 0.375. The number of fused-ring (bicyclic) bond motifs is 1. The number of halogens is 1. The second-order valence-corrected chi connectivity index (χ2v) is 5.36. The van der Waals surface area contributed by atoms with Crippen LogP contribution in [0.5, 0.6) is 0 Å². The number of ether oxygens (including phenoxy) is 1. The molecule has 0 saturated carbocycles. The molecule has 1 aromatic heterocycles. The van der Waals surface area contributed by atoms with Crippen LogP contribution in [0.15, 0.2) is 36.5 Å². The van der Waals surface area contributed by atoms with Gasteiger partial charge in [0.05, 0.1) is 30.5 Å². The molecule has 22 heavy (non-hydrogen) atoms. The summed E-state index contributed by atoms with van der Waals surface area (Å²) >= 11 is 0. The summed E-state index contributed by atoms with van der Waals surface area (Å²) in [5.41, 5.74) is 1.04. The zero-order valence-corrected chi connectivity index (χ0v) is 12.4. The SMILES string of the molecule is COC[C@@H]1CCn2nccc2CN1C(=O)c1ccccc1F. The fourth-order valence-corrected chi connectivity index (χ4v) is 2.82. The Bertz CT molecular complexity index is 671. The third-order valence-corrected chi connectivity index (χ3v) is 3.98. The maximum absolute atomic E-state index is 13.9. The summed E-state index contributed by atoms with van der Waals surface area (Å²) in [4.78, 5) is 14.5. The average molecular weight is 303 g/mol. The number of carbonyl (C=O) groups excluding carboxylic acids is 1. The van der Waals surface area contributed by atoms with Crippen LogP contribution < -0.4 is 0 Å². The highest BCUT2D eigenvalue weighted by Crippen LogP contribution is 2.21. The van der Waals surface area contributed by atoms with E-state index in [1.165, 1.54) is 12.1 Å². The van der Waals surface area contributed by atoms with E-state index in [0.29, 0.717) is 13.2 Å².